The van der Waals surface area contributed by atoms with E-state index in [2.05, 4.69) is 22.8 Å². The van der Waals surface area contributed by atoms with Crippen LogP contribution in [0.15, 0.2) is 36.4 Å². The van der Waals surface area contributed by atoms with E-state index in [1.165, 1.54) is 11.1 Å². The van der Waals surface area contributed by atoms with Crippen LogP contribution < -0.4 is 20.1 Å². The van der Waals surface area contributed by atoms with Crippen LogP contribution in [0.4, 0.5) is 4.79 Å². The van der Waals surface area contributed by atoms with Crippen molar-refractivity contribution in [2.75, 3.05) is 20.8 Å². The van der Waals surface area contributed by atoms with Gasteiger partial charge in [-0.3, -0.25) is 4.79 Å². The second-order valence-corrected chi connectivity index (χ2v) is 9.47. The Labute approximate surface area is 201 Å². The second-order valence-electron chi connectivity index (χ2n) is 9.47. The van der Waals surface area contributed by atoms with Crippen molar-refractivity contribution < 1.29 is 19.1 Å². The topological polar surface area (TPSA) is 79.9 Å². The lowest BCUT2D eigenvalue weighted by Crippen LogP contribution is -2.54. The smallest absolute Gasteiger partial charge is 0.318 e. The molecule has 0 radical (unpaired) electrons. The molecule has 4 rings (SSSR count). The fraction of sp³-hybridized carbons (Fsp3) is 0.481. The molecule has 2 aliphatic rings. The van der Waals surface area contributed by atoms with Gasteiger partial charge in [-0.15, -0.1) is 0 Å². The van der Waals surface area contributed by atoms with Crippen molar-refractivity contribution in [3.05, 3.63) is 58.7 Å². The molecule has 182 valence electrons. The first kappa shape index (κ1) is 23.9. The number of hydrogen-bond donors (Lipinski definition) is 2. The van der Waals surface area contributed by atoms with Crippen LogP contribution in [0, 0.1) is 5.92 Å². The molecule has 2 atom stereocenters. The van der Waals surface area contributed by atoms with E-state index in [0.29, 0.717) is 24.6 Å². The van der Waals surface area contributed by atoms with Gasteiger partial charge in [-0.25, -0.2) is 4.79 Å². The maximum absolute atomic E-state index is 13.3. The molecule has 0 saturated carbocycles. The summed E-state index contributed by atoms with van der Waals surface area (Å²) in [5.41, 5.74) is 4.66. The number of aryl methyl sites for hydroxylation is 1. The lowest BCUT2D eigenvalue weighted by molar-refractivity contribution is -0.124. The van der Waals surface area contributed by atoms with E-state index in [1.807, 2.05) is 38.1 Å². The Balaban J connectivity index is 1.43. The van der Waals surface area contributed by atoms with Crippen molar-refractivity contribution >= 4 is 11.9 Å². The normalized spacial score (nSPS) is 17.9. The van der Waals surface area contributed by atoms with E-state index in [1.54, 1.807) is 19.1 Å². The summed E-state index contributed by atoms with van der Waals surface area (Å²) in [5, 5.41) is 6.21. The maximum Gasteiger partial charge on any atom is 0.318 e. The molecule has 0 fully saturated rings. The van der Waals surface area contributed by atoms with Gasteiger partial charge in [0, 0.05) is 13.1 Å². The predicted octanol–water partition coefficient (Wildman–Crippen LogP) is 3.99. The average Bonchev–Trinajstić information content (AvgIpc) is 2.85. The highest BCUT2D eigenvalue weighted by atomic mass is 16.5. The Hall–Kier alpha value is -3.22. The molecule has 1 aliphatic heterocycles. The molecule has 0 aromatic heterocycles. The van der Waals surface area contributed by atoms with E-state index < -0.39 is 6.04 Å². The molecule has 34 heavy (non-hydrogen) atoms. The van der Waals surface area contributed by atoms with Crippen LogP contribution in [-0.4, -0.2) is 43.6 Å². The van der Waals surface area contributed by atoms with Crippen LogP contribution in [0.3, 0.4) is 0 Å². The minimum atomic E-state index is -0.603. The number of urea groups is 1. The molecule has 0 spiro atoms. The van der Waals surface area contributed by atoms with Crippen LogP contribution in [0.5, 0.6) is 11.5 Å². The summed E-state index contributed by atoms with van der Waals surface area (Å²) in [6.07, 6.45) is 3.72. The number of ether oxygens (including phenoxy) is 2. The Morgan fingerprint density at radius 1 is 1.00 bits per heavy atom. The largest absolute Gasteiger partial charge is 0.493 e. The number of amides is 3. The predicted molar refractivity (Wildman–Crippen MR) is 131 cm³/mol. The number of nitrogens with one attached hydrogen (secondary N) is 2. The van der Waals surface area contributed by atoms with E-state index >= 15 is 0 Å². The van der Waals surface area contributed by atoms with Gasteiger partial charge in [-0.2, -0.15) is 0 Å². The highest BCUT2D eigenvalue weighted by molar-refractivity contribution is 5.87. The number of hydrogen-bond acceptors (Lipinski definition) is 4. The maximum atomic E-state index is 13.3. The lowest BCUT2D eigenvalue weighted by Gasteiger charge is -2.33. The highest BCUT2D eigenvalue weighted by Gasteiger charge is 2.31. The quantitative estimate of drug-likeness (QED) is 0.676. The number of fused-ring (bicyclic) bond motifs is 2. The van der Waals surface area contributed by atoms with E-state index in [4.69, 9.17) is 9.47 Å². The van der Waals surface area contributed by atoms with E-state index in [9.17, 15) is 9.59 Å². The minimum absolute atomic E-state index is 0.0140. The molecule has 3 amide bonds. The van der Waals surface area contributed by atoms with Crippen LogP contribution in [0.1, 0.15) is 55.0 Å². The van der Waals surface area contributed by atoms with Gasteiger partial charge in [0.25, 0.3) is 0 Å². The molecule has 2 aromatic rings. The van der Waals surface area contributed by atoms with Gasteiger partial charge in [-0.1, -0.05) is 38.1 Å². The number of methoxy groups -OCH3 is 2. The monoisotopic (exact) mass is 465 g/mol. The Morgan fingerprint density at radius 2 is 1.71 bits per heavy atom. The zero-order valence-corrected chi connectivity index (χ0v) is 20.5. The fourth-order valence-corrected chi connectivity index (χ4v) is 4.98. The first-order valence-corrected chi connectivity index (χ1v) is 12.1. The highest BCUT2D eigenvalue weighted by Crippen LogP contribution is 2.33. The molecule has 1 heterocycles. The summed E-state index contributed by atoms with van der Waals surface area (Å²) in [7, 11) is 3.23. The number of benzene rings is 2. The molecule has 2 N–H and O–H groups in total. The standard InChI is InChI=1S/C27H35N3O4/c1-17(2)25(26(31)28-22-11-7-9-18-8-5-6-10-21(18)22)29-27(32)30-13-12-19-14-23(33-3)24(34-4)15-20(19)16-30/h5-6,8,10,14-15,17,22,25H,7,9,11-13,16H2,1-4H3,(H,28,31)(H,29,32)/t22-,25-/m0/s1. The zero-order valence-electron chi connectivity index (χ0n) is 20.5. The summed E-state index contributed by atoms with van der Waals surface area (Å²) >= 11 is 0. The number of nitrogens with zero attached hydrogens (tertiary/aromatic N) is 1. The van der Waals surface area contributed by atoms with Gasteiger partial charge in [0.2, 0.25) is 5.91 Å². The van der Waals surface area contributed by atoms with Crippen molar-refractivity contribution in [2.45, 2.75) is 58.2 Å². The van der Waals surface area contributed by atoms with Gasteiger partial charge in [0.05, 0.1) is 20.3 Å². The number of carbonyl (C=O) groups is 2. The minimum Gasteiger partial charge on any atom is -0.493 e. The van der Waals surface area contributed by atoms with Crippen LogP contribution in [-0.2, 0) is 24.2 Å². The molecule has 0 unspecified atom stereocenters. The average molecular weight is 466 g/mol. The van der Waals surface area contributed by atoms with Crippen molar-refractivity contribution in [1.29, 1.82) is 0 Å². The molecule has 0 bridgehead atoms. The first-order chi connectivity index (χ1) is 16.4. The van der Waals surface area contributed by atoms with E-state index in [0.717, 1.165) is 36.8 Å². The summed E-state index contributed by atoms with van der Waals surface area (Å²) in [6.45, 7) is 4.96. The zero-order chi connectivity index (χ0) is 24.2. The summed E-state index contributed by atoms with van der Waals surface area (Å²) in [5.74, 6) is 1.17. The SMILES string of the molecule is COc1cc2c(cc1OC)CN(C(=O)N[C@H](C(=O)N[C@H]1CCCc3ccccc31)C(C)C)CC2. The molecular formula is C27H35N3O4. The fourth-order valence-electron chi connectivity index (χ4n) is 4.98. The Morgan fingerprint density at radius 3 is 2.41 bits per heavy atom. The van der Waals surface area contributed by atoms with Gasteiger partial charge < -0.3 is 25.0 Å². The van der Waals surface area contributed by atoms with Crippen LogP contribution in [0.2, 0.25) is 0 Å². The molecule has 7 heteroatoms. The first-order valence-electron chi connectivity index (χ1n) is 12.1. The van der Waals surface area contributed by atoms with Crippen molar-refractivity contribution in [3.63, 3.8) is 0 Å². The second kappa shape index (κ2) is 10.4. The van der Waals surface area contributed by atoms with Crippen LogP contribution in [0.25, 0.3) is 0 Å². The van der Waals surface area contributed by atoms with Crippen LogP contribution >= 0.6 is 0 Å². The third kappa shape index (κ3) is 4.98. The molecule has 2 aromatic carbocycles. The molecular weight excluding hydrogens is 430 g/mol. The van der Waals surface area contributed by atoms with Crippen molar-refractivity contribution in [2.24, 2.45) is 5.92 Å². The number of carbonyl (C=O) groups excluding carboxylic acids is 2. The third-order valence-electron chi connectivity index (χ3n) is 6.92. The molecule has 7 nitrogen and oxygen atoms in total. The van der Waals surface area contributed by atoms with E-state index in [-0.39, 0.29) is 23.9 Å². The summed E-state index contributed by atoms with van der Waals surface area (Å²) in [4.78, 5) is 28.2. The van der Waals surface area contributed by atoms with Crippen molar-refractivity contribution in [3.8, 4) is 11.5 Å². The molecule has 1 aliphatic carbocycles. The Kier molecular flexibility index (Phi) is 7.29. The van der Waals surface area contributed by atoms with Gasteiger partial charge in [0.15, 0.2) is 11.5 Å². The summed E-state index contributed by atoms with van der Waals surface area (Å²) in [6, 6.07) is 11.4. The van der Waals surface area contributed by atoms with Gasteiger partial charge in [-0.05, 0) is 66.0 Å². The van der Waals surface area contributed by atoms with Gasteiger partial charge >= 0.3 is 6.03 Å². The molecule has 0 saturated heterocycles. The number of rotatable bonds is 6. The lowest BCUT2D eigenvalue weighted by atomic mass is 9.87. The third-order valence-corrected chi connectivity index (χ3v) is 6.92. The summed E-state index contributed by atoms with van der Waals surface area (Å²) < 4.78 is 10.8. The van der Waals surface area contributed by atoms with Crippen molar-refractivity contribution in [1.82, 2.24) is 15.5 Å². The van der Waals surface area contributed by atoms with Gasteiger partial charge in [0.1, 0.15) is 6.04 Å². The Bertz CT molecular complexity index is 1050.